The minimum Gasteiger partial charge on any atom is -0.389 e. The summed E-state index contributed by atoms with van der Waals surface area (Å²) in [5.41, 5.74) is 7.26. The zero-order chi connectivity index (χ0) is 15.0. The van der Waals surface area contributed by atoms with Gasteiger partial charge in [-0.25, -0.2) is 0 Å². The van der Waals surface area contributed by atoms with Gasteiger partial charge in [-0.2, -0.15) is 0 Å². The van der Waals surface area contributed by atoms with Gasteiger partial charge in [-0.15, -0.1) is 0 Å². The summed E-state index contributed by atoms with van der Waals surface area (Å²) < 4.78 is 0. The number of fused-ring (bicyclic) bond motifs is 1. The maximum Gasteiger partial charge on any atom is 0.104 e. The Labute approximate surface area is 130 Å². The summed E-state index contributed by atoms with van der Waals surface area (Å²) in [5, 5.41) is 12.6. The molecule has 0 bridgehead atoms. The van der Waals surface area contributed by atoms with E-state index in [-0.39, 0.29) is 0 Å². The number of piperidine rings is 1. The lowest BCUT2D eigenvalue weighted by atomic mass is 9.93. The van der Waals surface area contributed by atoms with Crippen LogP contribution in [-0.2, 0) is 0 Å². The summed E-state index contributed by atoms with van der Waals surface area (Å²) in [6.45, 7) is 3.53. The second kappa shape index (κ2) is 5.28. The first-order valence-corrected chi connectivity index (χ1v) is 7.68. The van der Waals surface area contributed by atoms with Gasteiger partial charge in [-0.1, -0.05) is 36.5 Å². The second-order valence-electron chi connectivity index (χ2n) is 6.06. The second-order valence-corrected chi connectivity index (χ2v) is 6.50. The fraction of sp³-hybridized carbons (Fsp3) is 0.353. The van der Waals surface area contributed by atoms with E-state index in [9.17, 15) is 5.11 Å². The zero-order valence-corrected chi connectivity index (χ0v) is 13.0. The smallest absolute Gasteiger partial charge is 0.104 e. The molecule has 0 spiro atoms. The molecular formula is C17H20N2OS. The number of rotatable bonds is 2. The third-order valence-electron chi connectivity index (χ3n) is 4.18. The van der Waals surface area contributed by atoms with Gasteiger partial charge in [0, 0.05) is 29.7 Å². The average Bonchev–Trinajstić information content (AvgIpc) is 2.44. The Balaban J connectivity index is 2.12. The van der Waals surface area contributed by atoms with Crippen LogP contribution in [0.1, 0.15) is 25.3 Å². The lowest BCUT2D eigenvalue weighted by Gasteiger charge is -2.38. The first-order valence-electron chi connectivity index (χ1n) is 7.27. The number of nitrogens with zero attached hydrogens (tertiary/aromatic N) is 1. The van der Waals surface area contributed by atoms with Crippen molar-refractivity contribution in [1.82, 2.24) is 0 Å². The Morgan fingerprint density at radius 1 is 1.24 bits per heavy atom. The predicted octanol–water partition coefficient (Wildman–Crippen LogP) is 2.83. The number of aliphatic hydroxyl groups is 1. The highest BCUT2D eigenvalue weighted by molar-refractivity contribution is 7.80. The van der Waals surface area contributed by atoms with Crippen molar-refractivity contribution < 1.29 is 5.11 Å². The summed E-state index contributed by atoms with van der Waals surface area (Å²) in [6, 6.07) is 12.2. The molecule has 2 aromatic carbocycles. The van der Waals surface area contributed by atoms with Crippen molar-refractivity contribution >= 4 is 33.7 Å². The Hall–Kier alpha value is -1.65. The van der Waals surface area contributed by atoms with E-state index in [1.165, 1.54) is 0 Å². The SMILES string of the molecule is CC1(O)CCCN(c2ccc(C(N)=S)c3ccccc23)C1. The fourth-order valence-electron chi connectivity index (χ4n) is 3.20. The van der Waals surface area contributed by atoms with Crippen molar-refractivity contribution in [2.45, 2.75) is 25.4 Å². The van der Waals surface area contributed by atoms with Crippen LogP contribution in [0.5, 0.6) is 0 Å². The van der Waals surface area contributed by atoms with Crippen molar-refractivity contribution in [2.75, 3.05) is 18.0 Å². The minimum absolute atomic E-state index is 0.420. The minimum atomic E-state index is -0.624. The summed E-state index contributed by atoms with van der Waals surface area (Å²) in [6.07, 6.45) is 1.85. The van der Waals surface area contributed by atoms with E-state index in [1.54, 1.807) is 0 Å². The number of anilines is 1. The van der Waals surface area contributed by atoms with Gasteiger partial charge in [-0.3, -0.25) is 0 Å². The molecule has 3 N–H and O–H groups in total. The van der Waals surface area contributed by atoms with E-state index in [2.05, 4.69) is 23.1 Å². The van der Waals surface area contributed by atoms with Crippen LogP contribution in [0.3, 0.4) is 0 Å². The molecule has 0 saturated carbocycles. The summed E-state index contributed by atoms with van der Waals surface area (Å²) >= 11 is 5.15. The van der Waals surface area contributed by atoms with E-state index in [4.69, 9.17) is 18.0 Å². The van der Waals surface area contributed by atoms with Crippen LogP contribution >= 0.6 is 12.2 Å². The maximum absolute atomic E-state index is 10.3. The number of hydrogen-bond donors (Lipinski definition) is 2. The molecule has 21 heavy (non-hydrogen) atoms. The normalized spacial score (nSPS) is 22.5. The fourth-order valence-corrected chi connectivity index (χ4v) is 3.38. The van der Waals surface area contributed by atoms with Crippen LogP contribution in [0.25, 0.3) is 10.8 Å². The monoisotopic (exact) mass is 300 g/mol. The summed E-state index contributed by atoms with van der Waals surface area (Å²) in [4.78, 5) is 2.68. The van der Waals surface area contributed by atoms with Crippen LogP contribution in [-0.4, -0.2) is 28.8 Å². The lowest BCUT2D eigenvalue weighted by Crippen LogP contribution is -2.46. The van der Waals surface area contributed by atoms with Crippen LogP contribution < -0.4 is 10.6 Å². The van der Waals surface area contributed by atoms with Crippen molar-refractivity contribution in [1.29, 1.82) is 0 Å². The van der Waals surface area contributed by atoms with E-state index in [0.717, 1.165) is 41.4 Å². The van der Waals surface area contributed by atoms with Gasteiger partial charge >= 0.3 is 0 Å². The molecule has 3 nitrogen and oxygen atoms in total. The quantitative estimate of drug-likeness (QED) is 0.837. The molecule has 1 fully saturated rings. The third kappa shape index (κ3) is 2.74. The summed E-state index contributed by atoms with van der Waals surface area (Å²) in [5.74, 6) is 0. The molecule has 0 radical (unpaired) electrons. The Morgan fingerprint density at radius 3 is 2.62 bits per heavy atom. The molecule has 3 rings (SSSR count). The zero-order valence-electron chi connectivity index (χ0n) is 12.2. The van der Waals surface area contributed by atoms with Crippen molar-refractivity contribution in [3.05, 3.63) is 42.0 Å². The molecule has 1 aliphatic rings. The number of benzene rings is 2. The number of nitrogens with two attached hydrogens (primary N) is 1. The number of thiocarbonyl (C=S) groups is 1. The highest BCUT2D eigenvalue weighted by Gasteiger charge is 2.29. The first-order chi connectivity index (χ1) is 9.98. The molecule has 1 saturated heterocycles. The van der Waals surface area contributed by atoms with Gasteiger partial charge in [0.05, 0.1) is 5.60 Å². The highest BCUT2D eigenvalue weighted by Crippen LogP contribution is 2.33. The molecule has 0 aliphatic carbocycles. The molecule has 110 valence electrons. The Morgan fingerprint density at radius 2 is 1.95 bits per heavy atom. The van der Waals surface area contributed by atoms with Crippen molar-refractivity contribution in [3.63, 3.8) is 0 Å². The maximum atomic E-state index is 10.3. The Bertz CT molecular complexity index is 696. The molecule has 2 aromatic rings. The topological polar surface area (TPSA) is 49.5 Å². The predicted molar refractivity (Wildman–Crippen MR) is 91.9 cm³/mol. The van der Waals surface area contributed by atoms with Crippen LogP contribution in [0.2, 0.25) is 0 Å². The van der Waals surface area contributed by atoms with E-state index < -0.39 is 5.60 Å². The molecule has 1 heterocycles. The van der Waals surface area contributed by atoms with Crippen LogP contribution in [0.4, 0.5) is 5.69 Å². The van der Waals surface area contributed by atoms with E-state index in [0.29, 0.717) is 11.5 Å². The average molecular weight is 300 g/mol. The molecule has 0 aromatic heterocycles. The van der Waals surface area contributed by atoms with Gasteiger partial charge < -0.3 is 15.7 Å². The Kier molecular flexibility index (Phi) is 3.59. The largest absolute Gasteiger partial charge is 0.389 e. The third-order valence-corrected chi connectivity index (χ3v) is 4.40. The standard InChI is InChI=1S/C17H20N2OS/c1-17(20)9-4-10-19(11-17)15-8-7-14(16(18)21)12-5-2-3-6-13(12)15/h2-3,5-8,20H,4,9-11H2,1H3,(H2,18,21). The van der Waals surface area contributed by atoms with E-state index >= 15 is 0 Å². The van der Waals surface area contributed by atoms with Crippen LogP contribution in [0.15, 0.2) is 36.4 Å². The molecule has 0 amide bonds. The van der Waals surface area contributed by atoms with Gasteiger partial charge in [0.15, 0.2) is 0 Å². The van der Waals surface area contributed by atoms with Gasteiger partial charge in [0.2, 0.25) is 0 Å². The van der Waals surface area contributed by atoms with Crippen LogP contribution in [0, 0.1) is 0 Å². The lowest BCUT2D eigenvalue weighted by molar-refractivity contribution is 0.0450. The van der Waals surface area contributed by atoms with Crippen molar-refractivity contribution in [2.24, 2.45) is 5.73 Å². The molecule has 1 aliphatic heterocycles. The highest BCUT2D eigenvalue weighted by atomic mass is 32.1. The molecule has 1 unspecified atom stereocenters. The molecular weight excluding hydrogens is 280 g/mol. The van der Waals surface area contributed by atoms with Gasteiger partial charge in [0.25, 0.3) is 0 Å². The van der Waals surface area contributed by atoms with Gasteiger partial charge in [0.1, 0.15) is 4.99 Å². The number of β-amino-alcohol motifs (C(OH)–C–C–N with tert-alkyl or cyclic N) is 1. The van der Waals surface area contributed by atoms with E-state index in [1.807, 2.05) is 25.1 Å². The van der Waals surface area contributed by atoms with Gasteiger partial charge in [-0.05, 0) is 37.3 Å². The van der Waals surface area contributed by atoms with Crippen molar-refractivity contribution in [3.8, 4) is 0 Å². The molecule has 1 atom stereocenters. The summed E-state index contributed by atoms with van der Waals surface area (Å²) in [7, 11) is 0. The first kappa shape index (κ1) is 14.3. The number of hydrogen-bond acceptors (Lipinski definition) is 3. The molecule has 4 heteroatoms.